The molecule has 0 saturated carbocycles. The van der Waals surface area contributed by atoms with Crippen LogP contribution in [-0.4, -0.2) is 16.1 Å². The van der Waals surface area contributed by atoms with Gasteiger partial charge in [-0.25, -0.2) is 9.97 Å². The van der Waals surface area contributed by atoms with Crippen molar-refractivity contribution in [2.24, 2.45) is 0 Å². The molecule has 2 unspecified atom stereocenters. The molecule has 0 radical (unpaired) electrons. The Morgan fingerprint density at radius 2 is 1.90 bits per heavy atom. The highest BCUT2D eigenvalue weighted by atomic mass is 79.9. The second-order valence-electron chi connectivity index (χ2n) is 5.06. The summed E-state index contributed by atoms with van der Waals surface area (Å²) >= 11 is 16.1. The SMILES string of the molecule is CC1CCC(c2nc(Cl)c(-c3cccc(Br)c3)c(Cl)n2)O1. The number of hydrogen-bond acceptors (Lipinski definition) is 3. The van der Waals surface area contributed by atoms with Crippen LogP contribution in [0.15, 0.2) is 28.7 Å². The summed E-state index contributed by atoms with van der Waals surface area (Å²) in [6, 6.07) is 7.72. The standard InChI is InChI=1S/C15H13BrCl2N2O/c1-8-5-6-11(21-8)15-19-13(17)12(14(18)20-15)9-3-2-4-10(16)7-9/h2-4,7-8,11H,5-6H2,1H3. The topological polar surface area (TPSA) is 35.0 Å². The largest absolute Gasteiger partial charge is 0.367 e. The van der Waals surface area contributed by atoms with E-state index >= 15 is 0 Å². The average Bonchev–Trinajstić information content (AvgIpc) is 2.85. The molecule has 2 aromatic rings. The summed E-state index contributed by atoms with van der Waals surface area (Å²) in [6.45, 7) is 2.04. The number of halogens is 3. The first kappa shape index (κ1) is 15.2. The summed E-state index contributed by atoms with van der Waals surface area (Å²) in [5.74, 6) is 0.563. The van der Waals surface area contributed by atoms with Crippen LogP contribution in [0, 0.1) is 0 Å². The van der Waals surface area contributed by atoms with Gasteiger partial charge in [0.2, 0.25) is 0 Å². The third-order valence-electron chi connectivity index (χ3n) is 3.47. The van der Waals surface area contributed by atoms with Gasteiger partial charge in [0.15, 0.2) is 5.82 Å². The minimum absolute atomic E-state index is 0.119. The normalized spacial score (nSPS) is 21.7. The summed E-state index contributed by atoms with van der Waals surface area (Å²) in [6.07, 6.45) is 1.99. The number of nitrogens with zero attached hydrogens (tertiary/aromatic N) is 2. The number of aromatic nitrogens is 2. The Bertz CT molecular complexity index is 657. The lowest BCUT2D eigenvalue weighted by atomic mass is 10.1. The van der Waals surface area contributed by atoms with Gasteiger partial charge in [-0.2, -0.15) is 0 Å². The van der Waals surface area contributed by atoms with Gasteiger partial charge in [-0.1, -0.05) is 51.3 Å². The number of hydrogen-bond donors (Lipinski definition) is 0. The van der Waals surface area contributed by atoms with Crippen molar-refractivity contribution < 1.29 is 4.74 Å². The molecule has 0 aliphatic carbocycles. The van der Waals surface area contributed by atoms with Crippen molar-refractivity contribution in [3.05, 3.63) is 44.9 Å². The van der Waals surface area contributed by atoms with Crippen molar-refractivity contribution in [3.8, 4) is 11.1 Å². The first-order chi connectivity index (χ1) is 10.0. The summed E-state index contributed by atoms with van der Waals surface area (Å²) in [5, 5.41) is 0.706. The molecule has 0 N–H and O–H groups in total. The highest BCUT2D eigenvalue weighted by molar-refractivity contribution is 9.10. The van der Waals surface area contributed by atoms with Crippen molar-refractivity contribution >= 4 is 39.1 Å². The van der Waals surface area contributed by atoms with E-state index in [1.807, 2.05) is 31.2 Å². The molecule has 2 heterocycles. The van der Waals surface area contributed by atoms with Crippen molar-refractivity contribution in [2.45, 2.75) is 32.0 Å². The van der Waals surface area contributed by atoms with E-state index in [4.69, 9.17) is 27.9 Å². The first-order valence-corrected chi connectivity index (χ1v) is 8.24. The fourth-order valence-electron chi connectivity index (χ4n) is 2.44. The Morgan fingerprint density at radius 1 is 1.19 bits per heavy atom. The molecule has 0 amide bonds. The quantitative estimate of drug-likeness (QED) is 0.642. The van der Waals surface area contributed by atoms with Crippen LogP contribution in [0.3, 0.4) is 0 Å². The zero-order valence-electron chi connectivity index (χ0n) is 11.3. The van der Waals surface area contributed by atoms with Gasteiger partial charge in [-0.3, -0.25) is 0 Å². The molecule has 6 heteroatoms. The highest BCUT2D eigenvalue weighted by Crippen LogP contribution is 2.37. The predicted molar refractivity (Wildman–Crippen MR) is 87.7 cm³/mol. The lowest BCUT2D eigenvalue weighted by molar-refractivity contribution is 0.0503. The average molecular weight is 388 g/mol. The molecule has 1 fully saturated rings. The highest BCUT2D eigenvalue weighted by Gasteiger charge is 2.27. The van der Waals surface area contributed by atoms with Crippen molar-refractivity contribution in [2.75, 3.05) is 0 Å². The molecule has 1 aromatic carbocycles. The summed E-state index contributed by atoms with van der Waals surface area (Å²) in [5.41, 5.74) is 1.53. The molecule has 3 rings (SSSR count). The lowest BCUT2D eigenvalue weighted by Gasteiger charge is -2.13. The summed E-state index contributed by atoms with van der Waals surface area (Å²) in [7, 11) is 0. The van der Waals surface area contributed by atoms with Gasteiger partial charge in [0, 0.05) is 4.47 Å². The molecule has 2 atom stereocenters. The van der Waals surface area contributed by atoms with Crippen molar-refractivity contribution in [3.63, 3.8) is 0 Å². The van der Waals surface area contributed by atoms with Gasteiger partial charge in [0.25, 0.3) is 0 Å². The molecule has 0 spiro atoms. The molecule has 21 heavy (non-hydrogen) atoms. The molecule has 110 valence electrons. The second-order valence-corrected chi connectivity index (χ2v) is 6.69. The Labute approximate surface area is 141 Å². The molecule has 1 aliphatic rings. The van der Waals surface area contributed by atoms with Crippen LogP contribution in [0.1, 0.15) is 31.7 Å². The third-order valence-corrected chi connectivity index (χ3v) is 4.51. The second kappa shape index (κ2) is 6.21. The molecule has 0 bridgehead atoms. The van der Waals surface area contributed by atoms with Gasteiger partial charge in [0.05, 0.1) is 11.7 Å². The van der Waals surface area contributed by atoms with E-state index < -0.39 is 0 Å². The van der Waals surface area contributed by atoms with Gasteiger partial charge < -0.3 is 4.74 Å². The van der Waals surface area contributed by atoms with Crippen LogP contribution in [0.25, 0.3) is 11.1 Å². The van der Waals surface area contributed by atoms with E-state index in [0.29, 0.717) is 21.7 Å². The Hall–Kier alpha value is -0.680. The fourth-order valence-corrected chi connectivity index (χ4v) is 3.46. The van der Waals surface area contributed by atoms with Crippen LogP contribution < -0.4 is 0 Å². The van der Waals surface area contributed by atoms with E-state index in [1.54, 1.807) is 0 Å². The van der Waals surface area contributed by atoms with E-state index in [0.717, 1.165) is 22.9 Å². The van der Waals surface area contributed by atoms with Crippen molar-refractivity contribution in [1.82, 2.24) is 9.97 Å². The number of benzene rings is 1. The Kier molecular flexibility index (Phi) is 4.50. The summed E-state index contributed by atoms with van der Waals surface area (Å²) < 4.78 is 6.72. The zero-order valence-corrected chi connectivity index (χ0v) is 14.4. The number of ether oxygens (including phenoxy) is 1. The lowest BCUT2D eigenvalue weighted by Crippen LogP contribution is -2.06. The predicted octanol–water partition coefficient (Wildman–Crippen LogP) is 5.45. The Morgan fingerprint density at radius 3 is 2.48 bits per heavy atom. The van der Waals surface area contributed by atoms with E-state index in [9.17, 15) is 0 Å². The minimum atomic E-state index is -0.119. The van der Waals surface area contributed by atoms with E-state index in [1.165, 1.54) is 0 Å². The fraction of sp³-hybridized carbons (Fsp3) is 0.333. The Balaban J connectivity index is 2.00. The molecule has 1 aliphatic heterocycles. The smallest absolute Gasteiger partial charge is 0.160 e. The van der Waals surface area contributed by atoms with Crippen LogP contribution >= 0.6 is 39.1 Å². The van der Waals surface area contributed by atoms with Crippen LogP contribution in [-0.2, 0) is 4.74 Å². The zero-order chi connectivity index (χ0) is 15.0. The van der Waals surface area contributed by atoms with Crippen LogP contribution in [0.2, 0.25) is 10.3 Å². The monoisotopic (exact) mass is 386 g/mol. The van der Waals surface area contributed by atoms with E-state index in [-0.39, 0.29) is 12.2 Å². The molecular formula is C15H13BrCl2N2O. The molecular weight excluding hydrogens is 375 g/mol. The van der Waals surface area contributed by atoms with Gasteiger partial charge in [-0.05, 0) is 37.5 Å². The first-order valence-electron chi connectivity index (χ1n) is 6.69. The van der Waals surface area contributed by atoms with E-state index in [2.05, 4.69) is 25.9 Å². The third kappa shape index (κ3) is 3.24. The van der Waals surface area contributed by atoms with Gasteiger partial charge >= 0.3 is 0 Å². The maximum Gasteiger partial charge on any atom is 0.160 e. The summed E-state index contributed by atoms with van der Waals surface area (Å²) in [4.78, 5) is 8.77. The van der Waals surface area contributed by atoms with Crippen molar-refractivity contribution in [1.29, 1.82) is 0 Å². The molecule has 1 saturated heterocycles. The van der Waals surface area contributed by atoms with Crippen LogP contribution in [0.4, 0.5) is 0 Å². The van der Waals surface area contributed by atoms with Crippen LogP contribution in [0.5, 0.6) is 0 Å². The minimum Gasteiger partial charge on any atom is -0.367 e. The molecule has 1 aromatic heterocycles. The maximum absolute atomic E-state index is 6.33. The van der Waals surface area contributed by atoms with Gasteiger partial charge in [0.1, 0.15) is 16.4 Å². The maximum atomic E-state index is 6.33. The number of rotatable bonds is 2. The molecule has 3 nitrogen and oxygen atoms in total. The van der Waals surface area contributed by atoms with Gasteiger partial charge in [-0.15, -0.1) is 0 Å².